The van der Waals surface area contributed by atoms with Gasteiger partial charge in [0.05, 0.1) is 19.2 Å². The summed E-state index contributed by atoms with van der Waals surface area (Å²) in [6.45, 7) is 0. The first-order chi connectivity index (χ1) is 7.72. The number of carbonyl (C=O) groups excluding carboxylic acids is 2. The van der Waals surface area contributed by atoms with Crippen molar-refractivity contribution in [3.8, 4) is 0 Å². The molecular weight excluding hydrogens is 208 g/mol. The number of nitrogens with zero attached hydrogens (tertiary/aromatic N) is 2. The monoisotopic (exact) mass is 218 g/mol. The van der Waals surface area contributed by atoms with E-state index in [4.69, 9.17) is 0 Å². The van der Waals surface area contributed by atoms with Crippen LogP contribution in [0.2, 0.25) is 0 Å². The van der Waals surface area contributed by atoms with E-state index in [1.54, 1.807) is 0 Å². The summed E-state index contributed by atoms with van der Waals surface area (Å²) in [6, 6.07) is 9.25. The highest BCUT2D eigenvalue weighted by Gasteiger charge is 2.30. The lowest BCUT2D eigenvalue weighted by molar-refractivity contribution is -0.126. The van der Waals surface area contributed by atoms with Gasteiger partial charge in [-0.05, 0) is 5.56 Å². The highest BCUT2D eigenvalue weighted by molar-refractivity contribution is 6.16. The number of hydrazone groups is 1. The Labute approximate surface area is 92.3 Å². The maximum absolute atomic E-state index is 11.5. The van der Waals surface area contributed by atoms with Crippen LogP contribution in [0.25, 0.3) is 0 Å². The van der Waals surface area contributed by atoms with Crippen LogP contribution in [-0.4, -0.2) is 29.8 Å². The van der Waals surface area contributed by atoms with Gasteiger partial charge in [-0.2, -0.15) is 5.10 Å². The molecule has 2 rings (SSSR count). The van der Waals surface area contributed by atoms with Gasteiger partial charge in [0.25, 0.3) is 5.91 Å². The number of hydrogen-bond donors (Lipinski definition) is 0. The SMILES string of the molecule is COC(=O)N1N=C(c2ccccc2)CC1=O. The molecule has 0 spiro atoms. The van der Waals surface area contributed by atoms with Crippen LogP contribution in [0.3, 0.4) is 0 Å². The molecular formula is C11H10N2O3. The average Bonchev–Trinajstić information content (AvgIpc) is 2.71. The van der Waals surface area contributed by atoms with Crippen molar-refractivity contribution in [2.24, 2.45) is 5.10 Å². The smallest absolute Gasteiger partial charge is 0.437 e. The molecule has 0 radical (unpaired) electrons. The van der Waals surface area contributed by atoms with E-state index < -0.39 is 6.09 Å². The third-order valence-corrected chi connectivity index (χ3v) is 2.23. The molecule has 0 unspecified atom stereocenters. The van der Waals surface area contributed by atoms with E-state index in [9.17, 15) is 9.59 Å². The molecule has 5 heteroatoms. The first-order valence-electron chi connectivity index (χ1n) is 4.76. The van der Waals surface area contributed by atoms with Crippen LogP contribution >= 0.6 is 0 Å². The number of carbonyl (C=O) groups is 2. The zero-order chi connectivity index (χ0) is 11.5. The topological polar surface area (TPSA) is 59.0 Å². The lowest BCUT2D eigenvalue weighted by Gasteiger charge is -2.06. The Morgan fingerprint density at radius 3 is 2.69 bits per heavy atom. The van der Waals surface area contributed by atoms with Crippen LogP contribution in [0.4, 0.5) is 4.79 Å². The first kappa shape index (κ1) is 10.4. The summed E-state index contributed by atoms with van der Waals surface area (Å²) in [5, 5.41) is 4.69. The van der Waals surface area contributed by atoms with Gasteiger partial charge < -0.3 is 4.74 Å². The summed E-state index contributed by atoms with van der Waals surface area (Å²) in [4.78, 5) is 22.6. The average molecular weight is 218 g/mol. The van der Waals surface area contributed by atoms with Crippen LogP contribution in [0.15, 0.2) is 35.4 Å². The fourth-order valence-electron chi connectivity index (χ4n) is 1.45. The number of benzene rings is 1. The molecule has 0 saturated heterocycles. The summed E-state index contributed by atoms with van der Waals surface area (Å²) >= 11 is 0. The Morgan fingerprint density at radius 2 is 2.06 bits per heavy atom. The van der Waals surface area contributed by atoms with E-state index in [0.29, 0.717) is 5.71 Å². The van der Waals surface area contributed by atoms with E-state index in [1.165, 1.54) is 7.11 Å². The molecule has 0 N–H and O–H groups in total. The Hall–Kier alpha value is -2.17. The summed E-state index contributed by atoms with van der Waals surface area (Å²) in [7, 11) is 1.21. The third kappa shape index (κ3) is 1.79. The number of imide groups is 1. The van der Waals surface area contributed by atoms with Crippen molar-refractivity contribution in [3.63, 3.8) is 0 Å². The number of hydrogen-bond acceptors (Lipinski definition) is 4. The largest absolute Gasteiger partial charge is 0.451 e. The molecule has 0 bridgehead atoms. The minimum absolute atomic E-state index is 0.124. The molecule has 0 atom stereocenters. The molecule has 0 aliphatic carbocycles. The molecule has 16 heavy (non-hydrogen) atoms. The van der Waals surface area contributed by atoms with Crippen LogP contribution in [0, 0.1) is 0 Å². The predicted octanol–water partition coefficient (Wildman–Crippen LogP) is 1.39. The maximum atomic E-state index is 11.5. The molecule has 0 saturated carbocycles. The van der Waals surface area contributed by atoms with Crippen molar-refractivity contribution in [2.75, 3.05) is 7.11 Å². The van der Waals surface area contributed by atoms with E-state index >= 15 is 0 Å². The van der Waals surface area contributed by atoms with E-state index in [-0.39, 0.29) is 12.3 Å². The molecule has 1 aliphatic heterocycles. The summed E-state index contributed by atoms with van der Waals surface area (Å²) in [6.07, 6.45) is -0.630. The highest BCUT2D eigenvalue weighted by Crippen LogP contribution is 2.15. The fraction of sp³-hybridized carbons (Fsp3) is 0.182. The van der Waals surface area contributed by atoms with Crippen LogP contribution in [0.5, 0.6) is 0 Å². The molecule has 0 fully saturated rings. The van der Waals surface area contributed by atoms with Gasteiger partial charge in [0, 0.05) is 0 Å². The molecule has 1 aromatic rings. The van der Waals surface area contributed by atoms with Gasteiger partial charge in [-0.3, -0.25) is 4.79 Å². The second kappa shape index (κ2) is 4.14. The highest BCUT2D eigenvalue weighted by atomic mass is 16.5. The van der Waals surface area contributed by atoms with Gasteiger partial charge in [0.2, 0.25) is 0 Å². The summed E-state index contributed by atoms with van der Waals surface area (Å²) in [5.74, 6) is -0.370. The van der Waals surface area contributed by atoms with Crippen LogP contribution in [-0.2, 0) is 9.53 Å². The quantitative estimate of drug-likeness (QED) is 0.715. The molecule has 0 aromatic heterocycles. The van der Waals surface area contributed by atoms with Crippen molar-refractivity contribution >= 4 is 17.7 Å². The Balaban J connectivity index is 2.27. The minimum atomic E-state index is -0.754. The Bertz CT molecular complexity index is 454. The number of rotatable bonds is 1. The van der Waals surface area contributed by atoms with E-state index in [2.05, 4.69) is 9.84 Å². The number of ether oxygens (including phenoxy) is 1. The van der Waals surface area contributed by atoms with E-state index in [1.807, 2.05) is 30.3 Å². The molecule has 82 valence electrons. The molecule has 2 amide bonds. The first-order valence-corrected chi connectivity index (χ1v) is 4.76. The van der Waals surface area contributed by atoms with Gasteiger partial charge >= 0.3 is 6.09 Å². The predicted molar refractivity (Wildman–Crippen MR) is 56.8 cm³/mol. The van der Waals surface area contributed by atoms with Gasteiger partial charge in [-0.25, -0.2) is 4.79 Å². The number of methoxy groups -OCH3 is 1. The second-order valence-electron chi connectivity index (χ2n) is 3.27. The lowest BCUT2D eigenvalue weighted by atomic mass is 10.1. The van der Waals surface area contributed by atoms with Gasteiger partial charge in [0.15, 0.2) is 0 Å². The van der Waals surface area contributed by atoms with Gasteiger partial charge in [-0.15, -0.1) is 5.01 Å². The van der Waals surface area contributed by atoms with Crippen LogP contribution < -0.4 is 0 Å². The molecule has 1 heterocycles. The van der Waals surface area contributed by atoms with Crippen molar-refractivity contribution in [2.45, 2.75) is 6.42 Å². The van der Waals surface area contributed by atoms with Crippen molar-refractivity contribution < 1.29 is 14.3 Å². The Morgan fingerprint density at radius 1 is 1.38 bits per heavy atom. The van der Waals surface area contributed by atoms with Crippen molar-refractivity contribution in [3.05, 3.63) is 35.9 Å². The third-order valence-electron chi connectivity index (χ3n) is 2.23. The minimum Gasteiger partial charge on any atom is -0.451 e. The van der Waals surface area contributed by atoms with E-state index in [0.717, 1.165) is 10.6 Å². The Kier molecular flexibility index (Phi) is 2.68. The second-order valence-corrected chi connectivity index (χ2v) is 3.27. The van der Waals surface area contributed by atoms with Gasteiger partial charge in [0.1, 0.15) is 0 Å². The van der Waals surface area contributed by atoms with Crippen molar-refractivity contribution in [1.82, 2.24) is 5.01 Å². The molecule has 1 aromatic carbocycles. The van der Waals surface area contributed by atoms with Gasteiger partial charge in [-0.1, -0.05) is 30.3 Å². The zero-order valence-corrected chi connectivity index (χ0v) is 8.71. The molecule has 5 nitrogen and oxygen atoms in total. The normalized spacial score (nSPS) is 14.9. The standard InChI is InChI=1S/C11H10N2O3/c1-16-11(15)13-10(14)7-9(12-13)8-5-3-2-4-6-8/h2-6H,7H2,1H3. The number of amides is 2. The van der Waals surface area contributed by atoms with Crippen LogP contribution in [0.1, 0.15) is 12.0 Å². The zero-order valence-electron chi connectivity index (χ0n) is 8.71. The fourth-order valence-corrected chi connectivity index (χ4v) is 1.45. The summed E-state index contributed by atoms with van der Waals surface area (Å²) in [5.41, 5.74) is 1.42. The summed E-state index contributed by atoms with van der Waals surface area (Å²) < 4.78 is 4.45. The molecule has 1 aliphatic rings. The maximum Gasteiger partial charge on any atom is 0.437 e. The van der Waals surface area contributed by atoms with Crippen molar-refractivity contribution in [1.29, 1.82) is 0 Å². The lowest BCUT2D eigenvalue weighted by Crippen LogP contribution is -2.27.